The highest BCUT2D eigenvalue weighted by molar-refractivity contribution is 7.47. The van der Waals surface area contributed by atoms with Gasteiger partial charge in [0.1, 0.15) is 19.3 Å². The number of carbonyl (C=O) groups excluding carboxylic acids is 4. The first-order valence-corrected chi connectivity index (χ1v) is 44.2. The van der Waals surface area contributed by atoms with Gasteiger partial charge in [0.15, 0.2) is 12.2 Å². The Morgan fingerprint density at radius 2 is 0.424 bits per heavy atom. The lowest BCUT2D eigenvalue weighted by Gasteiger charge is -2.21. The Kier molecular flexibility index (Phi) is 67.8. The van der Waals surface area contributed by atoms with Crippen molar-refractivity contribution in [3.63, 3.8) is 0 Å². The van der Waals surface area contributed by atoms with E-state index in [9.17, 15) is 43.2 Å². The molecule has 0 bridgehead atoms. The predicted molar refractivity (Wildman–Crippen MR) is 404 cm³/mol. The van der Waals surface area contributed by atoms with Gasteiger partial charge in [0.25, 0.3) is 0 Å². The van der Waals surface area contributed by atoms with Gasteiger partial charge in [-0.2, -0.15) is 0 Å². The molecule has 0 aliphatic rings. The maximum atomic E-state index is 13.1. The van der Waals surface area contributed by atoms with Crippen molar-refractivity contribution < 1.29 is 80.2 Å². The Morgan fingerprint density at radius 3 is 0.626 bits per heavy atom. The molecule has 0 saturated carbocycles. The van der Waals surface area contributed by atoms with Gasteiger partial charge in [-0.25, -0.2) is 9.13 Å². The van der Waals surface area contributed by atoms with Crippen molar-refractivity contribution in [1.82, 2.24) is 0 Å². The SMILES string of the molecule is CC(C)CCCCCCCCCCCCCCCCCC(=O)OC[C@H](COP(=O)(O)OCC(O)COP(=O)(O)OC[C@@H](COC(=O)CCCCCCCCCC(C)C)OC(=O)CCCCCCCCCCCCCCCC(C)C)OC(=O)CCCCCCCCCCCCCCC(C)C. The third kappa shape index (κ3) is 74.1. The molecule has 0 saturated heterocycles. The molecule has 5 atom stereocenters. The fraction of sp³-hybridized carbons (Fsp3) is 0.950. The molecule has 99 heavy (non-hydrogen) atoms. The van der Waals surface area contributed by atoms with E-state index in [1.165, 1.54) is 205 Å². The zero-order chi connectivity index (χ0) is 73.1. The van der Waals surface area contributed by atoms with Crippen molar-refractivity contribution in [3.8, 4) is 0 Å². The van der Waals surface area contributed by atoms with Crippen molar-refractivity contribution in [1.29, 1.82) is 0 Å². The summed E-state index contributed by atoms with van der Waals surface area (Å²) in [4.78, 5) is 73.0. The van der Waals surface area contributed by atoms with Gasteiger partial charge in [-0.1, -0.05) is 357 Å². The maximum absolute atomic E-state index is 13.1. The molecule has 0 aliphatic heterocycles. The molecule has 3 N–H and O–H groups in total. The average Bonchev–Trinajstić information content (AvgIpc) is 3.83. The summed E-state index contributed by atoms with van der Waals surface area (Å²) < 4.78 is 68.7. The minimum absolute atomic E-state index is 0.106. The average molecular weight is 1450 g/mol. The Hall–Kier alpha value is -1.94. The van der Waals surface area contributed by atoms with Crippen LogP contribution in [-0.4, -0.2) is 96.7 Å². The summed E-state index contributed by atoms with van der Waals surface area (Å²) >= 11 is 0. The van der Waals surface area contributed by atoms with Crippen LogP contribution in [0.15, 0.2) is 0 Å². The lowest BCUT2D eigenvalue weighted by atomic mass is 10.0. The van der Waals surface area contributed by atoms with Crippen molar-refractivity contribution in [2.24, 2.45) is 23.7 Å². The number of phosphoric acid groups is 2. The minimum atomic E-state index is -4.96. The van der Waals surface area contributed by atoms with Gasteiger partial charge in [0.05, 0.1) is 26.4 Å². The Labute approximate surface area is 607 Å². The normalized spacial score (nSPS) is 14.1. The largest absolute Gasteiger partial charge is 0.472 e. The second-order valence-corrected chi connectivity index (χ2v) is 33.6. The van der Waals surface area contributed by atoms with Crippen molar-refractivity contribution in [2.75, 3.05) is 39.6 Å². The Morgan fingerprint density at radius 1 is 0.253 bits per heavy atom. The molecule has 17 nitrogen and oxygen atoms in total. The van der Waals surface area contributed by atoms with Gasteiger partial charge in [-0.3, -0.25) is 37.3 Å². The number of aliphatic hydroxyl groups excluding tert-OH is 1. The predicted octanol–water partition coefficient (Wildman–Crippen LogP) is 23.6. The number of carbonyl (C=O) groups is 4. The molecular formula is C80H156O17P2. The van der Waals surface area contributed by atoms with Crippen LogP contribution in [0.25, 0.3) is 0 Å². The Balaban J connectivity index is 5.24. The summed E-state index contributed by atoms with van der Waals surface area (Å²) in [5, 5.41) is 10.6. The molecule has 0 fully saturated rings. The fourth-order valence-corrected chi connectivity index (χ4v) is 13.8. The van der Waals surface area contributed by atoms with Gasteiger partial charge in [0.2, 0.25) is 0 Å². The smallest absolute Gasteiger partial charge is 0.462 e. The highest BCUT2D eigenvalue weighted by Gasteiger charge is 2.30. The summed E-state index contributed by atoms with van der Waals surface area (Å²) in [6.07, 6.45) is 55.5. The molecule has 0 spiro atoms. The lowest BCUT2D eigenvalue weighted by Crippen LogP contribution is -2.30. The van der Waals surface area contributed by atoms with Crippen LogP contribution in [0.3, 0.4) is 0 Å². The van der Waals surface area contributed by atoms with Gasteiger partial charge >= 0.3 is 39.5 Å². The lowest BCUT2D eigenvalue weighted by molar-refractivity contribution is -0.161. The summed E-state index contributed by atoms with van der Waals surface area (Å²) in [6, 6.07) is 0. The topological polar surface area (TPSA) is 237 Å². The molecule has 588 valence electrons. The molecule has 0 heterocycles. The number of unbranched alkanes of at least 4 members (excludes halogenated alkanes) is 43. The number of hydrogen-bond acceptors (Lipinski definition) is 15. The second-order valence-electron chi connectivity index (χ2n) is 30.7. The first kappa shape index (κ1) is 97.1. The van der Waals surface area contributed by atoms with E-state index in [2.05, 4.69) is 55.4 Å². The monoisotopic (exact) mass is 1450 g/mol. The van der Waals surface area contributed by atoms with E-state index in [1.807, 2.05) is 0 Å². The number of ether oxygens (including phenoxy) is 4. The highest BCUT2D eigenvalue weighted by atomic mass is 31.2. The van der Waals surface area contributed by atoms with Crippen LogP contribution in [0, 0.1) is 23.7 Å². The molecule has 0 aromatic rings. The number of esters is 4. The van der Waals surface area contributed by atoms with Gasteiger partial charge < -0.3 is 33.8 Å². The first-order valence-electron chi connectivity index (χ1n) is 41.2. The molecule has 0 amide bonds. The summed E-state index contributed by atoms with van der Waals surface area (Å²) in [7, 11) is -9.92. The molecule has 3 unspecified atom stereocenters. The number of hydrogen-bond donors (Lipinski definition) is 3. The minimum Gasteiger partial charge on any atom is -0.462 e. The van der Waals surface area contributed by atoms with Crippen molar-refractivity contribution >= 4 is 39.5 Å². The number of aliphatic hydroxyl groups is 1. The van der Waals surface area contributed by atoms with Crippen LogP contribution in [0.2, 0.25) is 0 Å². The van der Waals surface area contributed by atoms with E-state index in [4.69, 9.17) is 37.0 Å². The zero-order valence-corrected chi connectivity index (χ0v) is 66.9. The van der Waals surface area contributed by atoms with Crippen molar-refractivity contribution in [2.45, 2.75) is 427 Å². The van der Waals surface area contributed by atoms with E-state index in [0.717, 1.165) is 114 Å². The van der Waals surface area contributed by atoms with E-state index < -0.39 is 97.5 Å². The molecule has 0 radical (unpaired) electrons. The molecule has 0 rings (SSSR count). The second kappa shape index (κ2) is 69.1. The molecular weight excluding hydrogens is 1290 g/mol. The zero-order valence-electron chi connectivity index (χ0n) is 65.1. The van der Waals surface area contributed by atoms with Crippen LogP contribution in [0.5, 0.6) is 0 Å². The van der Waals surface area contributed by atoms with Crippen LogP contribution >= 0.6 is 15.6 Å². The van der Waals surface area contributed by atoms with Crippen LogP contribution < -0.4 is 0 Å². The maximum Gasteiger partial charge on any atom is 0.472 e. The summed E-state index contributed by atoms with van der Waals surface area (Å²) in [6.45, 7) is 14.2. The molecule has 0 aromatic carbocycles. The van der Waals surface area contributed by atoms with E-state index in [-0.39, 0.29) is 25.7 Å². The Bertz CT molecular complexity index is 1940. The third-order valence-corrected chi connectivity index (χ3v) is 20.5. The molecule has 0 aliphatic carbocycles. The highest BCUT2D eigenvalue weighted by Crippen LogP contribution is 2.45. The fourth-order valence-electron chi connectivity index (χ4n) is 12.3. The number of rotatable bonds is 77. The van der Waals surface area contributed by atoms with Crippen LogP contribution in [0.1, 0.15) is 409 Å². The standard InChI is InChI=1S/C80H156O17P2/c1-70(2)56-48-40-32-25-19-13-10-9-11-15-22-28-36-44-52-60-77(82)90-66-75(96-80(85)63-55-47-38-30-24-18-17-21-27-34-42-50-58-72(5)6)68-94-98(86,87)92-64-74(81)65-93-99(88,89)95-69-76(67-91-78(83)61-53-45-39-31-35-43-51-59-73(7)8)97-79(84)62-54-46-37-29-23-16-12-14-20-26-33-41-49-57-71(3)4/h70-76,81H,9-69H2,1-8H3,(H,86,87)(H,88,89)/t74?,75-,76-/m1/s1. The number of phosphoric ester groups is 2. The van der Waals surface area contributed by atoms with Crippen molar-refractivity contribution in [3.05, 3.63) is 0 Å². The summed E-state index contributed by atoms with van der Waals surface area (Å²) in [5.41, 5.74) is 0. The first-order chi connectivity index (χ1) is 47.6. The van der Waals surface area contributed by atoms with Crippen LogP contribution in [-0.2, 0) is 65.4 Å². The summed E-state index contributed by atoms with van der Waals surface area (Å²) in [5.74, 6) is 0.959. The molecule has 0 aromatic heterocycles. The third-order valence-electron chi connectivity index (χ3n) is 18.6. The van der Waals surface area contributed by atoms with E-state index in [1.54, 1.807) is 0 Å². The van der Waals surface area contributed by atoms with E-state index >= 15 is 0 Å². The quantitative estimate of drug-likeness (QED) is 0.0222. The van der Waals surface area contributed by atoms with Gasteiger partial charge in [0, 0.05) is 25.7 Å². The van der Waals surface area contributed by atoms with Gasteiger partial charge in [-0.05, 0) is 49.4 Å². The molecule has 19 heteroatoms. The van der Waals surface area contributed by atoms with Gasteiger partial charge in [-0.15, -0.1) is 0 Å². The van der Waals surface area contributed by atoms with Crippen LogP contribution in [0.4, 0.5) is 0 Å². The van der Waals surface area contributed by atoms with E-state index in [0.29, 0.717) is 31.6 Å².